The number of anilines is 2. The maximum absolute atomic E-state index is 13.1. The fraction of sp³-hybridized carbons (Fsp3) is 0.250. The molecule has 4 amide bonds. The van der Waals surface area contributed by atoms with Crippen LogP contribution in [0.15, 0.2) is 90.4 Å². The highest BCUT2D eigenvalue weighted by atomic mass is 16.5. The number of nitrogens with zero attached hydrogens (tertiary/aromatic N) is 3. The van der Waals surface area contributed by atoms with Gasteiger partial charge in [0.1, 0.15) is 5.57 Å². The summed E-state index contributed by atoms with van der Waals surface area (Å²) in [5.41, 5.74) is 1.36. The van der Waals surface area contributed by atoms with Gasteiger partial charge in [-0.2, -0.15) is 0 Å². The molecule has 7 heteroatoms. The van der Waals surface area contributed by atoms with Crippen molar-refractivity contribution in [1.82, 2.24) is 4.90 Å². The Labute approximate surface area is 205 Å². The van der Waals surface area contributed by atoms with Crippen molar-refractivity contribution in [3.8, 4) is 5.75 Å². The number of allylic oxidation sites excluding steroid dienone is 4. The first kappa shape index (κ1) is 24.0. The van der Waals surface area contributed by atoms with Crippen LogP contribution in [0, 0.1) is 5.92 Å². The molecule has 180 valence electrons. The Bertz CT molecular complexity index is 1210. The second kappa shape index (κ2) is 10.4. The first-order valence-corrected chi connectivity index (χ1v) is 11.8. The van der Waals surface area contributed by atoms with Gasteiger partial charge < -0.3 is 9.64 Å². The number of hydrogen-bond acceptors (Lipinski definition) is 5. The largest absolute Gasteiger partial charge is 0.439 e. The number of rotatable bonds is 7. The lowest BCUT2D eigenvalue weighted by atomic mass is 10.1. The number of likely N-dealkylation sites (N-methyl/N-ethyl adjacent to an activating group) is 1. The quantitative estimate of drug-likeness (QED) is 0.406. The molecule has 4 rings (SSSR count). The van der Waals surface area contributed by atoms with Gasteiger partial charge in [0.15, 0.2) is 5.75 Å². The van der Waals surface area contributed by atoms with Crippen LogP contribution in [-0.2, 0) is 9.59 Å². The van der Waals surface area contributed by atoms with E-state index in [0.717, 1.165) is 34.2 Å². The molecule has 35 heavy (non-hydrogen) atoms. The molecular formula is C28H29N3O4. The number of carbonyl (C=O) groups excluding carboxylic acids is 3. The summed E-state index contributed by atoms with van der Waals surface area (Å²) in [7, 11) is 0. The Morgan fingerprint density at radius 3 is 2.26 bits per heavy atom. The van der Waals surface area contributed by atoms with Crippen LogP contribution in [0.4, 0.5) is 16.2 Å². The van der Waals surface area contributed by atoms with Gasteiger partial charge in [-0.3, -0.25) is 14.5 Å². The lowest BCUT2D eigenvalue weighted by Gasteiger charge is -2.33. The highest BCUT2D eigenvalue weighted by molar-refractivity contribution is 6.37. The molecule has 0 N–H and O–H groups in total. The summed E-state index contributed by atoms with van der Waals surface area (Å²) < 4.78 is 6.03. The predicted octanol–water partition coefficient (Wildman–Crippen LogP) is 5.27. The summed E-state index contributed by atoms with van der Waals surface area (Å²) in [5, 5.41) is 0. The number of hydrogen-bond donors (Lipinski definition) is 0. The summed E-state index contributed by atoms with van der Waals surface area (Å²) in [6.07, 6.45) is 7.62. The molecule has 0 aliphatic carbocycles. The highest BCUT2D eigenvalue weighted by Gasteiger charge is 2.41. The zero-order valence-corrected chi connectivity index (χ0v) is 20.2. The zero-order chi connectivity index (χ0) is 24.9. The highest BCUT2D eigenvalue weighted by Crippen LogP contribution is 2.38. The second-order valence-electron chi connectivity index (χ2n) is 8.68. The van der Waals surface area contributed by atoms with Crippen molar-refractivity contribution in [1.29, 1.82) is 0 Å². The molecule has 1 fully saturated rings. The van der Waals surface area contributed by atoms with Crippen LogP contribution in [0.5, 0.6) is 5.75 Å². The van der Waals surface area contributed by atoms with Gasteiger partial charge in [0, 0.05) is 13.1 Å². The molecule has 2 aliphatic rings. The number of para-hydroxylation sites is 3. The molecule has 0 saturated carbocycles. The van der Waals surface area contributed by atoms with Gasteiger partial charge in [-0.15, -0.1) is 0 Å². The summed E-state index contributed by atoms with van der Waals surface area (Å²) in [5.74, 6) is 0.775. The minimum absolute atomic E-state index is 0.0720. The van der Waals surface area contributed by atoms with E-state index < -0.39 is 17.8 Å². The van der Waals surface area contributed by atoms with Crippen LogP contribution < -0.4 is 14.5 Å². The van der Waals surface area contributed by atoms with Crippen LogP contribution in [0.25, 0.3) is 0 Å². The SMILES string of the molecule is CCN1C(=O)\C(=C/C=C/C=C2\Oc3ccccc3N2CCC(C)C)C(=O)N(c2ccccc2)C1=O. The van der Waals surface area contributed by atoms with E-state index in [4.69, 9.17) is 4.74 Å². The van der Waals surface area contributed by atoms with Crippen molar-refractivity contribution in [2.45, 2.75) is 27.2 Å². The third kappa shape index (κ3) is 4.89. The lowest BCUT2D eigenvalue weighted by molar-refractivity contribution is -0.128. The normalized spacial score (nSPS) is 18.4. The smallest absolute Gasteiger partial charge is 0.338 e. The summed E-state index contributed by atoms with van der Waals surface area (Å²) >= 11 is 0. The molecule has 0 bridgehead atoms. The van der Waals surface area contributed by atoms with E-state index in [1.807, 2.05) is 30.3 Å². The molecule has 0 spiro atoms. The van der Waals surface area contributed by atoms with Crippen molar-refractivity contribution in [3.63, 3.8) is 0 Å². The predicted molar refractivity (Wildman–Crippen MR) is 136 cm³/mol. The Morgan fingerprint density at radius 2 is 1.54 bits per heavy atom. The molecule has 2 aromatic carbocycles. The second-order valence-corrected chi connectivity index (χ2v) is 8.68. The van der Waals surface area contributed by atoms with Gasteiger partial charge in [0.05, 0.1) is 11.4 Å². The van der Waals surface area contributed by atoms with Crippen LogP contribution in [0.1, 0.15) is 27.2 Å². The number of ether oxygens (including phenoxy) is 1. The number of urea groups is 1. The van der Waals surface area contributed by atoms with Crippen molar-refractivity contribution in [2.75, 3.05) is 22.9 Å². The van der Waals surface area contributed by atoms with E-state index in [1.54, 1.807) is 49.4 Å². The number of imide groups is 2. The van der Waals surface area contributed by atoms with E-state index in [9.17, 15) is 14.4 Å². The van der Waals surface area contributed by atoms with Gasteiger partial charge in [0.2, 0.25) is 5.88 Å². The first-order chi connectivity index (χ1) is 16.9. The van der Waals surface area contributed by atoms with E-state index >= 15 is 0 Å². The van der Waals surface area contributed by atoms with Crippen molar-refractivity contribution < 1.29 is 19.1 Å². The van der Waals surface area contributed by atoms with Crippen molar-refractivity contribution in [2.24, 2.45) is 5.92 Å². The Balaban J connectivity index is 1.59. The molecule has 1 saturated heterocycles. The Morgan fingerprint density at radius 1 is 0.857 bits per heavy atom. The van der Waals surface area contributed by atoms with Crippen molar-refractivity contribution >= 4 is 29.2 Å². The van der Waals surface area contributed by atoms with Gasteiger partial charge in [-0.1, -0.05) is 56.3 Å². The van der Waals surface area contributed by atoms with Gasteiger partial charge in [-0.05, 0) is 55.7 Å². The number of barbiturate groups is 1. The van der Waals surface area contributed by atoms with E-state index in [1.165, 1.54) is 6.08 Å². The molecule has 2 aromatic rings. The van der Waals surface area contributed by atoms with E-state index in [-0.39, 0.29) is 12.1 Å². The fourth-order valence-electron chi connectivity index (χ4n) is 3.96. The minimum Gasteiger partial charge on any atom is -0.439 e. The van der Waals surface area contributed by atoms with Crippen molar-refractivity contribution in [3.05, 3.63) is 90.4 Å². The number of benzene rings is 2. The zero-order valence-electron chi connectivity index (χ0n) is 20.2. The molecule has 7 nitrogen and oxygen atoms in total. The van der Waals surface area contributed by atoms with E-state index in [0.29, 0.717) is 17.5 Å². The Hall–Kier alpha value is -4.13. The number of fused-ring (bicyclic) bond motifs is 1. The molecule has 2 aliphatic heterocycles. The maximum Gasteiger partial charge on any atom is 0.338 e. The summed E-state index contributed by atoms with van der Waals surface area (Å²) in [4.78, 5) is 43.0. The van der Waals surface area contributed by atoms with Gasteiger partial charge >= 0.3 is 6.03 Å². The number of carbonyl (C=O) groups is 3. The topological polar surface area (TPSA) is 70.2 Å². The Kier molecular flexibility index (Phi) is 7.15. The molecule has 2 heterocycles. The molecular weight excluding hydrogens is 442 g/mol. The standard InChI is InChI=1S/C28H29N3O4/c1-4-29-26(32)22(27(33)31(28(29)34)21-12-6-5-7-13-21)14-8-11-17-25-30(19-18-20(2)3)23-15-9-10-16-24(23)35-25/h5-17,20H,4,18-19H2,1-3H3/b11-8+,22-14+,25-17-. The summed E-state index contributed by atoms with van der Waals surface area (Å²) in [6.45, 7) is 7.04. The van der Waals surface area contributed by atoms with Gasteiger partial charge in [0.25, 0.3) is 11.8 Å². The van der Waals surface area contributed by atoms with E-state index in [2.05, 4.69) is 18.7 Å². The molecule has 0 atom stereocenters. The fourth-order valence-corrected chi connectivity index (χ4v) is 3.96. The molecule has 0 unspecified atom stereocenters. The molecule has 0 aromatic heterocycles. The van der Waals surface area contributed by atoms with Crippen LogP contribution in [0.3, 0.4) is 0 Å². The lowest BCUT2D eigenvalue weighted by Crippen LogP contribution is -2.56. The first-order valence-electron chi connectivity index (χ1n) is 11.8. The van der Waals surface area contributed by atoms with Crippen LogP contribution in [0.2, 0.25) is 0 Å². The summed E-state index contributed by atoms with van der Waals surface area (Å²) in [6, 6.07) is 15.8. The van der Waals surface area contributed by atoms with Gasteiger partial charge in [-0.25, -0.2) is 9.69 Å². The van der Waals surface area contributed by atoms with Crippen LogP contribution in [-0.4, -0.2) is 35.8 Å². The third-order valence-electron chi connectivity index (χ3n) is 5.84. The minimum atomic E-state index is -0.644. The average Bonchev–Trinajstić information content (AvgIpc) is 3.20. The average molecular weight is 472 g/mol. The molecule has 0 radical (unpaired) electrons. The maximum atomic E-state index is 13.1. The third-order valence-corrected chi connectivity index (χ3v) is 5.84. The number of amides is 4. The monoisotopic (exact) mass is 471 g/mol. The van der Waals surface area contributed by atoms with Crippen LogP contribution >= 0.6 is 0 Å².